The minimum Gasteiger partial charge on any atom is -0.307 e. The summed E-state index contributed by atoms with van der Waals surface area (Å²) in [5, 5.41) is 4.52. The Bertz CT molecular complexity index is 564. The third-order valence-electron chi connectivity index (χ3n) is 4.15. The zero-order valence-electron chi connectivity index (χ0n) is 11.6. The van der Waals surface area contributed by atoms with Crippen molar-refractivity contribution in [2.45, 2.75) is 37.8 Å². The van der Waals surface area contributed by atoms with Crippen molar-refractivity contribution in [2.75, 3.05) is 0 Å². The monoisotopic (exact) mass is 286 g/mol. The van der Waals surface area contributed by atoms with Crippen LogP contribution in [0.3, 0.4) is 0 Å². The zero-order valence-corrected chi connectivity index (χ0v) is 12.3. The second kappa shape index (κ2) is 5.94. The van der Waals surface area contributed by atoms with Crippen LogP contribution in [-0.2, 0) is 0 Å². The summed E-state index contributed by atoms with van der Waals surface area (Å²) in [6, 6.07) is 13.4. The molecule has 1 N–H and O–H groups in total. The van der Waals surface area contributed by atoms with Crippen molar-refractivity contribution in [1.82, 2.24) is 10.3 Å². The fourth-order valence-electron chi connectivity index (χ4n) is 2.89. The van der Waals surface area contributed by atoms with Gasteiger partial charge in [-0.15, -0.1) is 0 Å². The Balaban J connectivity index is 1.54. The van der Waals surface area contributed by atoms with E-state index in [1.165, 1.54) is 24.0 Å². The van der Waals surface area contributed by atoms with Gasteiger partial charge in [0.25, 0.3) is 0 Å². The van der Waals surface area contributed by atoms with Crippen LogP contribution in [-0.4, -0.2) is 11.0 Å². The molecule has 0 aliphatic heterocycles. The maximum atomic E-state index is 6.05. The molecule has 104 valence electrons. The Kier molecular flexibility index (Phi) is 4.04. The van der Waals surface area contributed by atoms with Crippen LogP contribution in [0.2, 0.25) is 5.02 Å². The highest BCUT2D eigenvalue weighted by atomic mass is 35.5. The van der Waals surface area contributed by atoms with Gasteiger partial charge in [0, 0.05) is 29.5 Å². The van der Waals surface area contributed by atoms with Gasteiger partial charge in [0.05, 0.1) is 0 Å². The van der Waals surface area contributed by atoms with E-state index in [-0.39, 0.29) is 0 Å². The van der Waals surface area contributed by atoms with Crippen molar-refractivity contribution in [3.63, 3.8) is 0 Å². The molecule has 1 aliphatic carbocycles. The summed E-state index contributed by atoms with van der Waals surface area (Å²) in [5.74, 6) is 0.649. The molecule has 2 aromatic rings. The smallest absolute Gasteiger partial charge is 0.0408 e. The molecule has 0 spiro atoms. The van der Waals surface area contributed by atoms with Gasteiger partial charge < -0.3 is 5.32 Å². The summed E-state index contributed by atoms with van der Waals surface area (Å²) in [6.07, 6.45) is 6.08. The van der Waals surface area contributed by atoms with Crippen molar-refractivity contribution in [2.24, 2.45) is 0 Å². The molecule has 1 atom stereocenters. The summed E-state index contributed by atoms with van der Waals surface area (Å²) in [4.78, 5) is 4.06. The number of pyridine rings is 1. The Hall–Kier alpha value is -1.38. The first-order chi connectivity index (χ1) is 9.72. The number of aromatic nitrogens is 1. The minimum absolute atomic E-state index is 0.378. The van der Waals surface area contributed by atoms with Gasteiger partial charge in [0.1, 0.15) is 0 Å². The molecular weight excluding hydrogens is 268 g/mol. The molecule has 0 bridgehead atoms. The number of benzene rings is 1. The van der Waals surface area contributed by atoms with E-state index in [9.17, 15) is 0 Å². The van der Waals surface area contributed by atoms with Crippen LogP contribution in [0.25, 0.3) is 0 Å². The quantitative estimate of drug-likeness (QED) is 0.905. The predicted octanol–water partition coefficient (Wildman–Crippen LogP) is 4.33. The SMILES string of the molecule is C[C@@H](NC1CC(c2cccc(Cl)c2)C1)c1ccncc1. The lowest BCUT2D eigenvalue weighted by molar-refractivity contribution is 0.271. The molecule has 0 saturated heterocycles. The molecule has 1 aromatic heterocycles. The van der Waals surface area contributed by atoms with Crippen molar-refractivity contribution in [3.05, 3.63) is 64.9 Å². The topological polar surface area (TPSA) is 24.9 Å². The van der Waals surface area contributed by atoms with E-state index in [1.54, 1.807) is 0 Å². The summed E-state index contributed by atoms with van der Waals surface area (Å²) < 4.78 is 0. The molecule has 1 fully saturated rings. The normalized spacial score (nSPS) is 23.1. The van der Waals surface area contributed by atoms with E-state index < -0.39 is 0 Å². The van der Waals surface area contributed by atoms with Crippen molar-refractivity contribution < 1.29 is 0 Å². The largest absolute Gasteiger partial charge is 0.307 e. The van der Waals surface area contributed by atoms with E-state index in [4.69, 9.17) is 11.6 Å². The van der Waals surface area contributed by atoms with Crippen LogP contribution in [0.15, 0.2) is 48.8 Å². The van der Waals surface area contributed by atoms with E-state index >= 15 is 0 Å². The van der Waals surface area contributed by atoms with Gasteiger partial charge in [-0.3, -0.25) is 4.98 Å². The van der Waals surface area contributed by atoms with E-state index in [0.29, 0.717) is 18.0 Å². The fraction of sp³-hybridized carbons (Fsp3) is 0.353. The molecule has 1 aliphatic rings. The van der Waals surface area contributed by atoms with Crippen molar-refractivity contribution in [3.8, 4) is 0 Å². The molecule has 3 rings (SSSR count). The van der Waals surface area contributed by atoms with Crippen LogP contribution in [0.5, 0.6) is 0 Å². The van der Waals surface area contributed by atoms with Gasteiger partial charge in [-0.25, -0.2) is 0 Å². The first-order valence-corrected chi connectivity index (χ1v) is 7.51. The lowest BCUT2D eigenvalue weighted by Gasteiger charge is -2.38. The predicted molar refractivity (Wildman–Crippen MR) is 83.0 cm³/mol. The van der Waals surface area contributed by atoms with Crippen LogP contribution in [0.1, 0.15) is 42.9 Å². The lowest BCUT2D eigenvalue weighted by Crippen LogP contribution is -2.41. The van der Waals surface area contributed by atoms with Crippen LogP contribution < -0.4 is 5.32 Å². The van der Waals surface area contributed by atoms with Gasteiger partial charge in [-0.2, -0.15) is 0 Å². The summed E-state index contributed by atoms with van der Waals surface area (Å²) >= 11 is 6.05. The van der Waals surface area contributed by atoms with Crippen LogP contribution >= 0.6 is 11.6 Å². The number of nitrogens with one attached hydrogen (secondary N) is 1. The zero-order chi connectivity index (χ0) is 13.9. The molecule has 1 aromatic carbocycles. The van der Waals surface area contributed by atoms with Gasteiger partial charge in [0.2, 0.25) is 0 Å². The van der Waals surface area contributed by atoms with Crippen LogP contribution in [0.4, 0.5) is 0 Å². The number of hydrogen-bond acceptors (Lipinski definition) is 2. The van der Waals surface area contributed by atoms with Gasteiger partial charge >= 0.3 is 0 Å². The van der Waals surface area contributed by atoms with Gasteiger partial charge in [-0.1, -0.05) is 23.7 Å². The number of halogens is 1. The Morgan fingerprint density at radius 2 is 1.95 bits per heavy atom. The Morgan fingerprint density at radius 3 is 2.65 bits per heavy atom. The second-order valence-electron chi connectivity index (χ2n) is 5.59. The van der Waals surface area contributed by atoms with E-state index in [2.05, 4.69) is 41.5 Å². The Morgan fingerprint density at radius 1 is 1.20 bits per heavy atom. The summed E-state index contributed by atoms with van der Waals surface area (Å²) in [6.45, 7) is 2.21. The van der Waals surface area contributed by atoms with Crippen LogP contribution in [0, 0.1) is 0 Å². The molecular formula is C17H19ClN2. The fourth-order valence-corrected chi connectivity index (χ4v) is 3.09. The minimum atomic E-state index is 0.378. The van der Waals surface area contributed by atoms with Gasteiger partial charge in [0.15, 0.2) is 0 Å². The first kappa shape index (κ1) is 13.6. The van der Waals surface area contributed by atoms with Gasteiger partial charge in [-0.05, 0) is 61.1 Å². The number of hydrogen-bond donors (Lipinski definition) is 1. The highest BCUT2D eigenvalue weighted by Gasteiger charge is 2.31. The molecule has 1 heterocycles. The molecule has 0 radical (unpaired) electrons. The highest BCUT2D eigenvalue weighted by Crippen LogP contribution is 2.38. The van der Waals surface area contributed by atoms with E-state index in [1.807, 2.05) is 24.5 Å². The first-order valence-electron chi connectivity index (χ1n) is 7.14. The Labute approximate surface area is 125 Å². The van der Waals surface area contributed by atoms with E-state index in [0.717, 1.165) is 5.02 Å². The maximum absolute atomic E-state index is 6.05. The standard InChI is InChI=1S/C17H19ClN2/c1-12(13-5-7-19-8-6-13)20-17-10-15(11-17)14-3-2-4-16(18)9-14/h2-9,12,15,17,20H,10-11H2,1H3/t12-,15?,17?/m1/s1. The van der Waals surface area contributed by atoms with Crippen molar-refractivity contribution >= 4 is 11.6 Å². The molecule has 3 heteroatoms. The molecule has 1 saturated carbocycles. The number of nitrogens with zero attached hydrogens (tertiary/aromatic N) is 1. The maximum Gasteiger partial charge on any atom is 0.0408 e. The highest BCUT2D eigenvalue weighted by molar-refractivity contribution is 6.30. The number of rotatable bonds is 4. The molecule has 20 heavy (non-hydrogen) atoms. The molecule has 0 unspecified atom stereocenters. The average Bonchev–Trinajstić information content (AvgIpc) is 2.43. The third-order valence-corrected chi connectivity index (χ3v) is 4.39. The van der Waals surface area contributed by atoms with Crippen molar-refractivity contribution in [1.29, 1.82) is 0 Å². The summed E-state index contributed by atoms with van der Waals surface area (Å²) in [7, 11) is 0. The lowest BCUT2D eigenvalue weighted by atomic mass is 9.75. The molecule has 2 nitrogen and oxygen atoms in total. The second-order valence-corrected chi connectivity index (χ2v) is 6.03. The third kappa shape index (κ3) is 3.02. The summed E-state index contributed by atoms with van der Waals surface area (Å²) in [5.41, 5.74) is 2.67. The average molecular weight is 287 g/mol. The molecule has 0 amide bonds.